The Morgan fingerprint density at radius 3 is 2.23 bits per heavy atom. The monoisotopic (exact) mass is 530 g/mol. The molecule has 0 spiro atoms. The molecule has 0 saturated heterocycles. The molecule has 0 aromatic heterocycles. The number of aryl methyl sites for hydroxylation is 1. The second-order valence-corrected chi connectivity index (χ2v) is 16.2. The summed E-state index contributed by atoms with van der Waals surface area (Å²) in [5, 5.41) is 0.430. The van der Waals surface area contributed by atoms with Crippen LogP contribution in [0, 0.1) is 18.3 Å². The summed E-state index contributed by atoms with van der Waals surface area (Å²) >= 11 is 0. The van der Waals surface area contributed by atoms with Gasteiger partial charge in [-0.05, 0) is 68.8 Å². The van der Waals surface area contributed by atoms with Crippen LogP contribution in [0.5, 0.6) is 0 Å². The van der Waals surface area contributed by atoms with Crippen molar-refractivity contribution in [3.63, 3.8) is 0 Å². The van der Waals surface area contributed by atoms with Gasteiger partial charge in [-0.15, -0.1) is 0 Å². The Morgan fingerprint density at radius 1 is 1.20 bits per heavy atom. The van der Waals surface area contributed by atoms with Gasteiger partial charge in [-0.1, -0.05) is 60.5 Å². The third kappa shape index (κ3) is 11.0. The minimum absolute atomic E-state index is 0.0207. The van der Waals surface area contributed by atoms with Gasteiger partial charge >= 0.3 is 0 Å². The third-order valence-corrected chi connectivity index (χ3v) is 12.9. The molecule has 202 valence electrons. The molecule has 2 atom stereocenters. The van der Waals surface area contributed by atoms with E-state index in [1.165, 1.54) is 5.56 Å². The molecule has 1 aliphatic rings. The van der Waals surface area contributed by atoms with Gasteiger partial charge in [0.1, 0.15) is 0 Å². The van der Waals surface area contributed by atoms with Gasteiger partial charge < -0.3 is 4.67 Å². The summed E-state index contributed by atoms with van der Waals surface area (Å²) in [5.41, 5.74) is 4.50. The maximum Gasteiger partial charge on any atom is 0.247 e. The predicted octanol–water partition coefficient (Wildman–Crippen LogP) is 9.67. The smallest absolute Gasteiger partial charge is 0.247 e. The molecule has 1 aromatic rings. The molecular formula is C28H49F2N2OPS. The van der Waals surface area contributed by atoms with E-state index in [1.54, 1.807) is 6.92 Å². The summed E-state index contributed by atoms with van der Waals surface area (Å²) in [7, 11) is 0.674. The molecule has 1 fully saturated rings. The van der Waals surface area contributed by atoms with Crippen molar-refractivity contribution in [1.29, 1.82) is 0 Å². The number of hydrogen-bond acceptors (Lipinski definition) is 3. The van der Waals surface area contributed by atoms with E-state index < -0.39 is 23.6 Å². The lowest BCUT2D eigenvalue weighted by Gasteiger charge is -2.26. The second kappa shape index (κ2) is 14.2. The fourth-order valence-corrected chi connectivity index (χ4v) is 7.92. The highest BCUT2D eigenvalue weighted by atomic mass is 32.7. The lowest BCUT2D eigenvalue weighted by molar-refractivity contribution is -0.0172. The Kier molecular flexibility index (Phi) is 13.0. The van der Waals surface area contributed by atoms with Gasteiger partial charge in [-0.2, -0.15) is 0 Å². The third-order valence-electron chi connectivity index (χ3n) is 7.02. The first-order valence-corrected chi connectivity index (χ1v) is 16.6. The van der Waals surface area contributed by atoms with Crippen LogP contribution in [-0.4, -0.2) is 34.8 Å². The lowest BCUT2D eigenvalue weighted by Crippen LogP contribution is -2.16. The molecule has 1 saturated carbocycles. The fourth-order valence-electron chi connectivity index (χ4n) is 3.33. The summed E-state index contributed by atoms with van der Waals surface area (Å²) < 4.78 is 40.2. The largest absolute Gasteiger partial charge is 0.343 e. The molecule has 35 heavy (non-hydrogen) atoms. The number of nitrogens with zero attached hydrogens (tertiary/aromatic N) is 2. The van der Waals surface area contributed by atoms with E-state index >= 15 is 0 Å². The Bertz CT molecular complexity index is 846. The van der Waals surface area contributed by atoms with Crippen molar-refractivity contribution in [2.24, 2.45) is 16.3 Å². The van der Waals surface area contributed by atoms with E-state index in [9.17, 15) is 13.0 Å². The van der Waals surface area contributed by atoms with Crippen LogP contribution in [0.25, 0.3) is 0 Å². The molecule has 0 radical (unpaired) electrons. The summed E-state index contributed by atoms with van der Waals surface area (Å²) in [6.45, 7) is 18.5. The van der Waals surface area contributed by atoms with Crippen LogP contribution in [0.15, 0.2) is 23.2 Å². The van der Waals surface area contributed by atoms with E-state index in [2.05, 4.69) is 85.0 Å². The molecule has 1 aromatic carbocycles. The highest BCUT2D eigenvalue weighted by Crippen LogP contribution is 2.49. The van der Waals surface area contributed by atoms with Crippen LogP contribution >= 0.6 is 7.27 Å². The van der Waals surface area contributed by atoms with Crippen molar-refractivity contribution in [2.75, 3.05) is 18.4 Å². The molecule has 1 aliphatic carbocycles. The number of hydrogen-bond donors (Lipinski definition) is 0. The Balaban J connectivity index is 0.000000434. The molecule has 0 bridgehead atoms. The molecule has 0 aliphatic heterocycles. The molecule has 2 unspecified atom stereocenters. The molecule has 0 amide bonds. The normalized spacial score (nSPS) is 16.5. The first kappa shape index (κ1) is 32.2. The van der Waals surface area contributed by atoms with Gasteiger partial charge in [-0.3, -0.25) is 9.20 Å². The average molecular weight is 531 g/mol. The number of rotatable bonds is 11. The van der Waals surface area contributed by atoms with Crippen molar-refractivity contribution >= 4 is 34.8 Å². The minimum atomic E-state index is -2.43. The van der Waals surface area contributed by atoms with E-state index in [1.807, 2.05) is 0 Å². The number of aliphatic imine (C=N–C) groups is 1. The zero-order valence-corrected chi connectivity index (χ0v) is 25.5. The molecule has 7 heteroatoms. The van der Waals surface area contributed by atoms with Crippen LogP contribution < -0.4 is 4.67 Å². The van der Waals surface area contributed by atoms with Crippen LogP contribution in [0.4, 0.5) is 20.2 Å². The van der Waals surface area contributed by atoms with Crippen LogP contribution in [0.1, 0.15) is 99.0 Å². The van der Waals surface area contributed by atoms with Crippen molar-refractivity contribution in [1.82, 2.24) is 0 Å². The Morgan fingerprint density at radius 2 is 1.77 bits per heavy atom. The van der Waals surface area contributed by atoms with E-state index in [-0.39, 0.29) is 18.3 Å². The van der Waals surface area contributed by atoms with Gasteiger partial charge in [0.15, 0.2) is 0 Å². The Labute approximate surface area is 217 Å². The topological polar surface area (TPSA) is 32.7 Å². The summed E-state index contributed by atoms with van der Waals surface area (Å²) in [5.74, 6) is -1.94. The van der Waals surface area contributed by atoms with Gasteiger partial charge in [0.2, 0.25) is 5.92 Å². The number of halogens is 2. The van der Waals surface area contributed by atoms with Gasteiger partial charge in [0.05, 0.1) is 23.4 Å². The average Bonchev–Trinajstić information content (AvgIpc) is 3.65. The van der Waals surface area contributed by atoms with Gasteiger partial charge in [-0.25, -0.2) is 8.78 Å². The van der Waals surface area contributed by atoms with E-state index in [4.69, 9.17) is 4.99 Å². The first-order valence-electron chi connectivity index (χ1n) is 13.1. The fraction of sp³-hybridized carbons (Fsp3) is 0.750. The quantitative estimate of drug-likeness (QED) is 0.211. The SMILES string of the molecule is CC(=Nc1cc(N(C)P(C)S(=O)C2CC2)ccc1C)C(C)(C)C.CCC(CC)CCC(F)(F)CC. The summed E-state index contributed by atoms with van der Waals surface area (Å²) in [6, 6.07) is 6.36. The van der Waals surface area contributed by atoms with Crippen molar-refractivity contribution < 1.29 is 13.0 Å². The lowest BCUT2D eigenvalue weighted by atomic mass is 9.91. The molecule has 2 rings (SSSR count). The highest BCUT2D eigenvalue weighted by molar-refractivity contribution is 8.47. The molecule has 3 nitrogen and oxygen atoms in total. The van der Waals surface area contributed by atoms with Crippen molar-refractivity contribution in [2.45, 2.75) is 112 Å². The zero-order valence-electron chi connectivity index (χ0n) is 23.8. The van der Waals surface area contributed by atoms with Crippen molar-refractivity contribution in [3.8, 4) is 0 Å². The Hall–Kier alpha value is -0.870. The van der Waals surface area contributed by atoms with E-state index in [0.29, 0.717) is 17.6 Å². The summed E-state index contributed by atoms with van der Waals surface area (Å²) in [6.07, 6.45) is 5.02. The predicted molar refractivity (Wildman–Crippen MR) is 154 cm³/mol. The van der Waals surface area contributed by atoms with E-state index in [0.717, 1.165) is 42.8 Å². The number of alkyl halides is 2. The maximum atomic E-state index is 12.8. The zero-order chi connectivity index (χ0) is 27.0. The summed E-state index contributed by atoms with van der Waals surface area (Å²) in [4.78, 5) is 4.85. The molecule has 0 N–H and O–H groups in total. The van der Waals surface area contributed by atoms with Gasteiger partial charge in [0, 0.05) is 36.5 Å². The number of anilines is 1. The van der Waals surface area contributed by atoms with Crippen LogP contribution in [0.2, 0.25) is 0 Å². The standard InChI is InChI=1S/C18H29N2OPS.C10H20F2/c1-13-8-9-15(12-17(13)19-14(2)18(3,4)5)20(6)22(7)23(21)16-10-11-16;1-4-9(5-2)7-8-10(11,12)6-3/h8-9,12,16H,10-11H2,1-7H3;9H,4-8H2,1-3H3. The van der Waals surface area contributed by atoms with Crippen LogP contribution in [0.3, 0.4) is 0 Å². The van der Waals surface area contributed by atoms with Gasteiger partial charge in [0.25, 0.3) is 0 Å². The first-order chi connectivity index (χ1) is 16.2. The molecular weight excluding hydrogens is 481 g/mol. The minimum Gasteiger partial charge on any atom is -0.343 e. The maximum absolute atomic E-state index is 12.8. The van der Waals surface area contributed by atoms with Crippen LogP contribution in [-0.2, 0) is 10.4 Å². The highest BCUT2D eigenvalue weighted by Gasteiger charge is 2.33. The second-order valence-electron chi connectivity index (χ2n) is 10.8. The number of benzene rings is 1. The van der Waals surface area contributed by atoms with Crippen molar-refractivity contribution in [3.05, 3.63) is 23.8 Å². The molecule has 0 heterocycles.